The van der Waals surface area contributed by atoms with Crippen molar-refractivity contribution in [1.82, 2.24) is 10.6 Å². The first-order chi connectivity index (χ1) is 14.3. The van der Waals surface area contributed by atoms with Gasteiger partial charge in [-0.15, -0.1) is 0 Å². The Morgan fingerprint density at radius 2 is 1.90 bits per heavy atom. The lowest BCUT2D eigenvalue weighted by Gasteiger charge is -2.27. The van der Waals surface area contributed by atoms with Gasteiger partial charge in [-0.1, -0.05) is 6.07 Å². The van der Waals surface area contributed by atoms with Crippen molar-refractivity contribution in [2.75, 3.05) is 13.2 Å². The third-order valence-electron chi connectivity index (χ3n) is 4.40. The summed E-state index contributed by atoms with van der Waals surface area (Å²) in [6.07, 6.45) is 1.39. The van der Waals surface area contributed by atoms with E-state index in [4.69, 9.17) is 13.9 Å². The highest BCUT2D eigenvalue weighted by atomic mass is 16.5. The van der Waals surface area contributed by atoms with Gasteiger partial charge in [0.05, 0.1) is 24.1 Å². The second-order valence-corrected chi connectivity index (χ2v) is 6.36. The molecule has 0 radical (unpaired) electrons. The maximum atomic E-state index is 12.5. The molecule has 0 fully saturated rings. The number of aryl methyl sites for hydroxylation is 1. The van der Waals surface area contributed by atoms with E-state index < -0.39 is 42.1 Å². The molecular formula is C20H20N2O8. The first kappa shape index (κ1) is 20.8. The van der Waals surface area contributed by atoms with Gasteiger partial charge in [-0.05, 0) is 37.6 Å². The minimum atomic E-state index is -0.958. The quantitative estimate of drug-likeness (QED) is 0.413. The zero-order chi connectivity index (χ0) is 21.8. The highest BCUT2D eigenvalue weighted by Gasteiger charge is 2.36. The number of phenols is 2. The van der Waals surface area contributed by atoms with E-state index in [9.17, 15) is 24.6 Å². The average molecular weight is 416 g/mol. The molecule has 0 aliphatic carbocycles. The van der Waals surface area contributed by atoms with E-state index in [-0.39, 0.29) is 29.2 Å². The zero-order valence-electron chi connectivity index (χ0n) is 16.2. The highest BCUT2D eigenvalue weighted by molar-refractivity contribution is 5.96. The van der Waals surface area contributed by atoms with Gasteiger partial charge in [-0.3, -0.25) is 0 Å². The fraction of sp³-hybridized carbons (Fsp3) is 0.250. The summed E-state index contributed by atoms with van der Waals surface area (Å²) in [4.78, 5) is 37.0. The molecule has 1 unspecified atom stereocenters. The molecule has 1 aliphatic heterocycles. The minimum absolute atomic E-state index is 0.00257. The van der Waals surface area contributed by atoms with Crippen LogP contribution in [-0.2, 0) is 14.3 Å². The number of urea groups is 1. The predicted molar refractivity (Wildman–Crippen MR) is 102 cm³/mol. The lowest BCUT2D eigenvalue weighted by atomic mass is 10.0. The number of furan rings is 1. The molecule has 0 spiro atoms. The number of hydrogen-bond donors (Lipinski definition) is 4. The van der Waals surface area contributed by atoms with Gasteiger partial charge in [0.1, 0.15) is 24.0 Å². The summed E-state index contributed by atoms with van der Waals surface area (Å²) < 4.78 is 15.5. The zero-order valence-corrected chi connectivity index (χ0v) is 16.2. The Labute approximate surface area is 171 Å². The van der Waals surface area contributed by atoms with Gasteiger partial charge in [-0.2, -0.15) is 0 Å². The molecule has 1 aromatic carbocycles. The Morgan fingerprint density at radius 1 is 1.13 bits per heavy atom. The molecule has 0 saturated heterocycles. The molecular weight excluding hydrogens is 396 g/mol. The van der Waals surface area contributed by atoms with E-state index in [1.807, 2.05) is 0 Å². The first-order valence-electron chi connectivity index (χ1n) is 9.03. The third kappa shape index (κ3) is 4.07. The molecule has 3 rings (SSSR count). The number of phenolic OH excluding ortho intramolecular Hbond substituents is 2. The lowest BCUT2D eigenvalue weighted by molar-refractivity contribution is -0.139. The fourth-order valence-corrected chi connectivity index (χ4v) is 2.91. The Morgan fingerprint density at radius 3 is 2.57 bits per heavy atom. The van der Waals surface area contributed by atoms with Crippen LogP contribution in [0.1, 0.15) is 34.6 Å². The first-order valence-corrected chi connectivity index (χ1v) is 9.03. The number of esters is 2. The van der Waals surface area contributed by atoms with Crippen LogP contribution in [0.25, 0.3) is 0 Å². The molecule has 10 nitrogen and oxygen atoms in total. The van der Waals surface area contributed by atoms with Crippen molar-refractivity contribution in [1.29, 1.82) is 0 Å². The van der Waals surface area contributed by atoms with Crippen molar-refractivity contribution in [3.8, 4) is 11.5 Å². The van der Waals surface area contributed by atoms with Crippen LogP contribution < -0.4 is 10.6 Å². The van der Waals surface area contributed by atoms with Gasteiger partial charge in [-0.25, -0.2) is 14.4 Å². The van der Waals surface area contributed by atoms with Crippen molar-refractivity contribution >= 4 is 18.0 Å². The van der Waals surface area contributed by atoms with Crippen molar-refractivity contribution in [2.45, 2.75) is 19.9 Å². The van der Waals surface area contributed by atoms with Crippen LogP contribution in [0.15, 0.2) is 46.2 Å². The molecule has 2 aromatic rings. The molecule has 0 saturated carbocycles. The Bertz CT molecular complexity index is 1010. The second-order valence-electron chi connectivity index (χ2n) is 6.36. The number of amides is 2. The van der Waals surface area contributed by atoms with Gasteiger partial charge in [0.2, 0.25) is 0 Å². The average Bonchev–Trinajstić information content (AvgIpc) is 3.24. The Kier molecular flexibility index (Phi) is 5.95. The smallest absolute Gasteiger partial charge is 0.342 e. The maximum absolute atomic E-state index is 12.5. The molecule has 2 heterocycles. The lowest BCUT2D eigenvalue weighted by Crippen LogP contribution is -2.47. The number of carbonyl (C=O) groups is 3. The monoisotopic (exact) mass is 416 g/mol. The van der Waals surface area contributed by atoms with Crippen LogP contribution in [-0.4, -0.2) is 41.4 Å². The van der Waals surface area contributed by atoms with E-state index >= 15 is 0 Å². The standard InChI is InChI=1S/C20H20N2O8/c1-3-28-19(26)14-12(21-20(27)22-15(14)13-5-4-8-29-13)9-30-18(25)11-7-6-10(2)16(23)17(11)24/h4-8,15,23-24H,3,9H2,1-2H3,(H2,21,22,27). The number of ether oxygens (including phenoxy) is 2. The minimum Gasteiger partial charge on any atom is -0.504 e. The van der Waals surface area contributed by atoms with E-state index in [1.54, 1.807) is 26.0 Å². The molecule has 1 atom stereocenters. The SMILES string of the molecule is CCOC(=O)C1=C(COC(=O)c2ccc(C)c(O)c2O)NC(=O)NC1c1ccco1. The number of nitrogens with one attached hydrogen (secondary N) is 2. The second kappa shape index (κ2) is 8.60. The largest absolute Gasteiger partial charge is 0.504 e. The van der Waals surface area contributed by atoms with Crippen molar-refractivity contribution in [2.24, 2.45) is 0 Å². The topological polar surface area (TPSA) is 147 Å². The van der Waals surface area contributed by atoms with E-state index in [0.29, 0.717) is 5.56 Å². The van der Waals surface area contributed by atoms with Crippen LogP contribution >= 0.6 is 0 Å². The number of rotatable bonds is 6. The van der Waals surface area contributed by atoms with Gasteiger partial charge in [0.25, 0.3) is 0 Å². The van der Waals surface area contributed by atoms with Crippen molar-refractivity contribution in [3.05, 3.63) is 58.7 Å². The Balaban J connectivity index is 1.91. The summed E-state index contributed by atoms with van der Waals surface area (Å²) in [6.45, 7) is 2.78. The molecule has 2 amide bonds. The summed E-state index contributed by atoms with van der Waals surface area (Å²) in [5.74, 6) is -2.46. The summed E-state index contributed by atoms with van der Waals surface area (Å²) >= 11 is 0. The predicted octanol–water partition coefficient (Wildman–Crippen LogP) is 2.03. The molecule has 1 aliphatic rings. The number of hydrogen-bond acceptors (Lipinski definition) is 8. The normalized spacial score (nSPS) is 15.9. The number of aromatic hydroxyl groups is 2. The van der Waals surface area contributed by atoms with Crippen LogP contribution in [0, 0.1) is 6.92 Å². The Hall–Kier alpha value is -3.95. The summed E-state index contributed by atoms with van der Waals surface area (Å²) in [6, 6.07) is 4.32. The molecule has 4 N–H and O–H groups in total. The highest BCUT2D eigenvalue weighted by Crippen LogP contribution is 2.33. The summed E-state index contributed by atoms with van der Waals surface area (Å²) in [5, 5.41) is 24.8. The van der Waals surface area contributed by atoms with Crippen LogP contribution in [0.3, 0.4) is 0 Å². The summed E-state index contributed by atoms with van der Waals surface area (Å²) in [7, 11) is 0. The van der Waals surface area contributed by atoms with Crippen LogP contribution in [0.2, 0.25) is 0 Å². The van der Waals surface area contributed by atoms with Gasteiger partial charge < -0.3 is 34.7 Å². The number of benzene rings is 1. The van der Waals surface area contributed by atoms with E-state index in [0.717, 1.165) is 0 Å². The fourth-order valence-electron chi connectivity index (χ4n) is 2.91. The van der Waals surface area contributed by atoms with Gasteiger partial charge in [0, 0.05) is 0 Å². The van der Waals surface area contributed by atoms with Gasteiger partial charge in [0.15, 0.2) is 11.5 Å². The third-order valence-corrected chi connectivity index (χ3v) is 4.40. The van der Waals surface area contributed by atoms with Gasteiger partial charge >= 0.3 is 18.0 Å². The van der Waals surface area contributed by atoms with Crippen LogP contribution in [0.4, 0.5) is 4.79 Å². The molecule has 0 bridgehead atoms. The van der Waals surface area contributed by atoms with Crippen LogP contribution in [0.5, 0.6) is 11.5 Å². The molecule has 158 valence electrons. The number of carbonyl (C=O) groups excluding carboxylic acids is 3. The van der Waals surface area contributed by atoms with E-state index in [2.05, 4.69) is 10.6 Å². The van der Waals surface area contributed by atoms with Crippen molar-refractivity contribution < 1.29 is 38.5 Å². The summed E-state index contributed by atoms with van der Waals surface area (Å²) in [5.41, 5.74) is 0.125. The molecule has 1 aromatic heterocycles. The van der Waals surface area contributed by atoms with E-state index in [1.165, 1.54) is 18.4 Å². The maximum Gasteiger partial charge on any atom is 0.342 e. The van der Waals surface area contributed by atoms with Crippen molar-refractivity contribution in [3.63, 3.8) is 0 Å². The molecule has 30 heavy (non-hydrogen) atoms. The molecule has 10 heteroatoms.